The van der Waals surface area contributed by atoms with Crippen LogP contribution in [0.15, 0.2) is 42.5 Å². The van der Waals surface area contributed by atoms with Gasteiger partial charge in [-0.05, 0) is 25.0 Å². The van der Waals surface area contributed by atoms with Crippen LogP contribution in [0.3, 0.4) is 0 Å². The maximum absolute atomic E-state index is 11.4. The van der Waals surface area contributed by atoms with E-state index in [1.54, 1.807) is 24.3 Å². The van der Waals surface area contributed by atoms with E-state index in [-0.39, 0.29) is 6.61 Å². The molecule has 3 nitrogen and oxygen atoms in total. The van der Waals surface area contributed by atoms with Gasteiger partial charge in [-0.1, -0.05) is 24.8 Å². The molecule has 15 heavy (non-hydrogen) atoms. The normalized spacial score (nSPS) is 9.67. The SMILES string of the molecule is C=C(CCCO)C(=O)Oc1ccccc1. The van der Waals surface area contributed by atoms with Gasteiger partial charge in [-0.25, -0.2) is 4.79 Å². The molecule has 0 heterocycles. The average Bonchev–Trinajstić information content (AvgIpc) is 2.27. The Balaban J connectivity index is 2.45. The Labute approximate surface area is 89.0 Å². The first kappa shape index (κ1) is 11.5. The molecule has 0 radical (unpaired) electrons. The molecule has 1 rings (SSSR count). The average molecular weight is 206 g/mol. The van der Waals surface area contributed by atoms with Gasteiger partial charge < -0.3 is 9.84 Å². The van der Waals surface area contributed by atoms with Crippen LogP contribution < -0.4 is 4.74 Å². The zero-order chi connectivity index (χ0) is 11.1. The van der Waals surface area contributed by atoms with Gasteiger partial charge in [0.05, 0.1) is 0 Å². The maximum atomic E-state index is 11.4. The molecule has 0 unspecified atom stereocenters. The van der Waals surface area contributed by atoms with E-state index >= 15 is 0 Å². The molecule has 3 heteroatoms. The molecule has 0 bridgehead atoms. The molecule has 1 aromatic carbocycles. The summed E-state index contributed by atoms with van der Waals surface area (Å²) in [6.45, 7) is 3.66. The maximum Gasteiger partial charge on any atom is 0.338 e. The lowest BCUT2D eigenvalue weighted by Crippen LogP contribution is -2.10. The summed E-state index contributed by atoms with van der Waals surface area (Å²) >= 11 is 0. The second kappa shape index (κ2) is 5.98. The van der Waals surface area contributed by atoms with Crippen LogP contribution in [-0.2, 0) is 4.79 Å². The van der Waals surface area contributed by atoms with E-state index in [2.05, 4.69) is 6.58 Å². The van der Waals surface area contributed by atoms with Crippen LogP contribution in [0.2, 0.25) is 0 Å². The molecule has 0 aliphatic rings. The van der Waals surface area contributed by atoms with E-state index in [4.69, 9.17) is 9.84 Å². The first-order chi connectivity index (χ1) is 7.24. The third-order valence-electron chi connectivity index (χ3n) is 1.88. The van der Waals surface area contributed by atoms with E-state index in [0.717, 1.165) is 0 Å². The summed E-state index contributed by atoms with van der Waals surface area (Å²) in [5, 5.41) is 8.59. The van der Waals surface area contributed by atoms with Crippen LogP contribution in [-0.4, -0.2) is 17.7 Å². The quantitative estimate of drug-likeness (QED) is 0.455. The highest BCUT2D eigenvalue weighted by Crippen LogP contribution is 2.12. The van der Waals surface area contributed by atoms with Gasteiger partial charge in [0.1, 0.15) is 5.75 Å². The number of rotatable bonds is 5. The standard InChI is InChI=1S/C12H14O3/c1-10(6-5-9-13)12(14)15-11-7-3-2-4-8-11/h2-4,7-8,13H,1,5-6,9H2. The molecule has 1 aromatic rings. The number of aliphatic hydroxyl groups is 1. The first-order valence-corrected chi connectivity index (χ1v) is 4.80. The Bertz CT molecular complexity index is 330. The van der Waals surface area contributed by atoms with Crippen LogP contribution in [0.5, 0.6) is 5.75 Å². The van der Waals surface area contributed by atoms with Crippen molar-refractivity contribution in [3.05, 3.63) is 42.5 Å². The van der Waals surface area contributed by atoms with Crippen LogP contribution in [0.1, 0.15) is 12.8 Å². The largest absolute Gasteiger partial charge is 0.423 e. The zero-order valence-electron chi connectivity index (χ0n) is 8.48. The Morgan fingerprint density at radius 2 is 2.00 bits per heavy atom. The monoisotopic (exact) mass is 206 g/mol. The first-order valence-electron chi connectivity index (χ1n) is 4.80. The molecular weight excluding hydrogens is 192 g/mol. The van der Waals surface area contributed by atoms with E-state index in [1.807, 2.05) is 6.07 Å². The van der Waals surface area contributed by atoms with Gasteiger partial charge in [-0.15, -0.1) is 0 Å². The van der Waals surface area contributed by atoms with E-state index in [9.17, 15) is 4.79 Å². The molecule has 0 saturated carbocycles. The molecule has 0 aromatic heterocycles. The third kappa shape index (κ3) is 3.95. The minimum atomic E-state index is -0.436. The molecule has 0 amide bonds. The molecule has 0 atom stereocenters. The highest BCUT2D eigenvalue weighted by Gasteiger charge is 2.08. The van der Waals surface area contributed by atoms with Crippen molar-refractivity contribution in [3.8, 4) is 5.75 Å². The van der Waals surface area contributed by atoms with Gasteiger partial charge in [-0.2, -0.15) is 0 Å². The number of carbonyl (C=O) groups excluding carboxylic acids is 1. The van der Waals surface area contributed by atoms with Gasteiger partial charge in [0.2, 0.25) is 0 Å². The van der Waals surface area contributed by atoms with Crippen molar-refractivity contribution in [3.63, 3.8) is 0 Å². The summed E-state index contributed by atoms with van der Waals surface area (Å²) in [6, 6.07) is 8.84. The Morgan fingerprint density at radius 3 is 2.60 bits per heavy atom. The van der Waals surface area contributed by atoms with Crippen LogP contribution >= 0.6 is 0 Å². The van der Waals surface area contributed by atoms with E-state index in [1.165, 1.54) is 0 Å². The number of para-hydroxylation sites is 1. The van der Waals surface area contributed by atoms with Crippen molar-refractivity contribution < 1.29 is 14.6 Å². The van der Waals surface area contributed by atoms with Crippen LogP contribution in [0, 0.1) is 0 Å². The third-order valence-corrected chi connectivity index (χ3v) is 1.88. The molecule has 1 N–H and O–H groups in total. The topological polar surface area (TPSA) is 46.5 Å². The summed E-state index contributed by atoms with van der Waals surface area (Å²) < 4.78 is 5.05. The molecule has 0 spiro atoms. The van der Waals surface area contributed by atoms with Gasteiger partial charge in [0.25, 0.3) is 0 Å². The molecule has 80 valence electrons. The van der Waals surface area contributed by atoms with Crippen molar-refractivity contribution in [2.45, 2.75) is 12.8 Å². The Morgan fingerprint density at radius 1 is 1.33 bits per heavy atom. The number of esters is 1. The van der Waals surface area contributed by atoms with Crippen molar-refractivity contribution in [2.75, 3.05) is 6.61 Å². The summed E-state index contributed by atoms with van der Waals surface area (Å²) in [6.07, 6.45) is 0.991. The molecule has 0 saturated heterocycles. The number of carbonyl (C=O) groups is 1. The van der Waals surface area contributed by atoms with Gasteiger partial charge in [-0.3, -0.25) is 0 Å². The fourth-order valence-electron chi connectivity index (χ4n) is 1.06. The van der Waals surface area contributed by atoms with Crippen molar-refractivity contribution in [2.24, 2.45) is 0 Å². The van der Waals surface area contributed by atoms with Crippen LogP contribution in [0.4, 0.5) is 0 Å². The lowest BCUT2D eigenvalue weighted by molar-refractivity contribution is -0.130. The van der Waals surface area contributed by atoms with Gasteiger partial charge in [0, 0.05) is 12.2 Å². The number of hydrogen-bond acceptors (Lipinski definition) is 3. The second-order valence-electron chi connectivity index (χ2n) is 3.13. The predicted molar refractivity (Wildman–Crippen MR) is 57.5 cm³/mol. The molecular formula is C12H14O3. The Hall–Kier alpha value is -1.61. The number of ether oxygens (including phenoxy) is 1. The van der Waals surface area contributed by atoms with Gasteiger partial charge in [0.15, 0.2) is 0 Å². The summed E-state index contributed by atoms with van der Waals surface area (Å²) in [4.78, 5) is 11.4. The Kier molecular flexibility index (Phi) is 4.57. The van der Waals surface area contributed by atoms with Crippen molar-refractivity contribution in [1.82, 2.24) is 0 Å². The highest BCUT2D eigenvalue weighted by atomic mass is 16.5. The molecule has 0 aliphatic carbocycles. The minimum Gasteiger partial charge on any atom is -0.423 e. The predicted octanol–water partition coefficient (Wildman–Crippen LogP) is 1.92. The van der Waals surface area contributed by atoms with Crippen LogP contribution in [0.25, 0.3) is 0 Å². The summed E-state index contributed by atoms with van der Waals surface area (Å²) in [7, 11) is 0. The fourth-order valence-corrected chi connectivity index (χ4v) is 1.06. The van der Waals surface area contributed by atoms with Crippen molar-refractivity contribution in [1.29, 1.82) is 0 Å². The van der Waals surface area contributed by atoms with Crippen molar-refractivity contribution >= 4 is 5.97 Å². The second-order valence-corrected chi connectivity index (χ2v) is 3.13. The fraction of sp³-hybridized carbons (Fsp3) is 0.250. The lowest BCUT2D eigenvalue weighted by Gasteiger charge is -2.05. The molecule has 0 aliphatic heterocycles. The zero-order valence-corrected chi connectivity index (χ0v) is 8.48. The summed E-state index contributed by atoms with van der Waals surface area (Å²) in [5.41, 5.74) is 0.382. The minimum absolute atomic E-state index is 0.0532. The van der Waals surface area contributed by atoms with Gasteiger partial charge >= 0.3 is 5.97 Å². The van der Waals surface area contributed by atoms with E-state index in [0.29, 0.717) is 24.2 Å². The highest BCUT2D eigenvalue weighted by molar-refractivity contribution is 5.89. The number of hydrogen-bond donors (Lipinski definition) is 1. The number of aliphatic hydroxyl groups excluding tert-OH is 1. The van der Waals surface area contributed by atoms with E-state index < -0.39 is 5.97 Å². The lowest BCUT2D eigenvalue weighted by atomic mass is 10.2. The smallest absolute Gasteiger partial charge is 0.338 e. The summed E-state index contributed by atoms with van der Waals surface area (Å²) in [5.74, 6) is 0.0716. The number of benzene rings is 1. The molecule has 0 fully saturated rings.